The van der Waals surface area contributed by atoms with Crippen molar-refractivity contribution in [3.05, 3.63) is 194 Å². The lowest BCUT2D eigenvalue weighted by molar-refractivity contribution is -0.139. The van der Waals surface area contributed by atoms with Gasteiger partial charge in [-0.1, -0.05) is 91.3 Å². The number of hydrogen-bond donors (Lipinski definition) is 2. The van der Waals surface area contributed by atoms with Gasteiger partial charge in [-0.3, -0.25) is 4.79 Å². The molecule has 2 saturated heterocycles. The molecule has 0 spiro atoms. The van der Waals surface area contributed by atoms with E-state index in [9.17, 15) is 19.2 Å². The van der Waals surface area contributed by atoms with Gasteiger partial charge in [0, 0.05) is 128 Å². The van der Waals surface area contributed by atoms with Crippen molar-refractivity contribution in [3.8, 4) is 39.0 Å². The molecule has 18 nitrogen and oxygen atoms in total. The lowest BCUT2D eigenvalue weighted by atomic mass is 9.88. The molecule has 728 valence electrons. The lowest BCUT2D eigenvalue weighted by Gasteiger charge is -2.32. The number of hydrogen-bond acceptors (Lipinski definition) is 27. The SMILES string of the molecule is C=C(C)C(=O)Cl.C=C(C)C(=O)OCCCCCCOCc1ccc(-c2ccc(-c3ccc(-c4ccc(COCCCCCCOC(=O)C(=C)C)s4)s3)s2)s1.C=C(C)C(=O)OCCCCCCOCc1ccc(Br)s1.CC1(C)OB(c2ccc(-c3ccc(B4OC(C)(C)C(C)(C)O4)s3)s2)OC1(C)C.CCN(CC)CC.OCCCCCCOCc1ccc(Br)s1.OCc1ccc(Br)s1. The van der Waals surface area contributed by atoms with Crippen LogP contribution in [0.1, 0.15) is 231 Å². The summed E-state index contributed by atoms with van der Waals surface area (Å²) in [5.74, 6) is -0.912. The zero-order valence-electron chi connectivity index (χ0n) is 79.7. The number of thiophene rings is 9. The Morgan fingerprint density at radius 2 is 0.576 bits per heavy atom. The summed E-state index contributed by atoms with van der Waals surface area (Å²) in [6, 6.07) is 38.2. The molecule has 0 unspecified atom stereocenters. The van der Waals surface area contributed by atoms with E-state index in [4.69, 9.17) is 73.6 Å². The lowest BCUT2D eigenvalue weighted by Crippen LogP contribution is -2.41. The third-order valence-electron chi connectivity index (χ3n) is 20.9. The van der Waals surface area contributed by atoms with Crippen LogP contribution in [0, 0.1) is 0 Å². The number of carbonyl (C=O) groups is 4. The van der Waals surface area contributed by atoms with Crippen molar-refractivity contribution in [2.24, 2.45) is 0 Å². The van der Waals surface area contributed by atoms with E-state index >= 15 is 0 Å². The van der Waals surface area contributed by atoms with Gasteiger partial charge in [0.1, 0.15) is 0 Å². The Kier molecular flexibility index (Phi) is 57.5. The van der Waals surface area contributed by atoms with Gasteiger partial charge in [0.2, 0.25) is 5.24 Å². The number of nitrogens with zero attached hydrogens (tertiary/aromatic N) is 1. The second-order valence-electron chi connectivity index (χ2n) is 33.2. The summed E-state index contributed by atoms with van der Waals surface area (Å²) in [5.41, 5.74) is 0.435. The fourth-order valence-electron chi connectivity index (χ4n) is 11.7. The Balaban J connectivity index is 0.000000309. The molecular formula is C99H137B2Br3ClNO17S9. The molecule has 9 aromatic rings. The van der Waals surface area contributed by atoms with Crippen LogP contribution in [0.25, 0.3) is 39.0 Å². The van der Waals surface area contributed by atoms with Gasteiger partial charge in [0.05, 0.1) is 86.6 Å². The molecule has 33 heteroatoms. The zero-order chi connectivity index (χ0) is 97.2. The van der Waals surface area contributed by atoms with Crippen molar-refractivity contribution in [3.63, 3.8) is 0 Å². The van der Waals surface area contributed by atoms with Crippen LogP contribution in [-0.2, 0) is 104 Å². The van der Waals surface area contributed by atoms with Gasteiger partial charge in [0.15, 0.2) is 0 Å². The molecule has 9 aromatic heterocycles. The van der Waals surface area contributed by atoms with Crippen molar-refractivity contribution in [2.45, 2.75) is 262 Å². The van der Waals surface area contributed by atoms with Crippen molar-refractivity contribution >= 4 is 208 Å². The molecular weight excluding hydrogens is 2060 g/mol. The molecule has 0 saturated carbocycles. The highest BCUT2D eigenvalue weighted by atomic mass is 79.9. The fourth-order valence-corrected chi connectivity index (χ4v) is 22.1. The zero-order valence-corrected chi connectivity index (χ0v) is 92.5. The Hall–Kier alpha value is -4.24. The number of rotatable bonds is 49. The first-order valence-electron chi connectivity index (χ1n) is 45.0. The van der Waals surface area contributed by atoms with E-state index in [1.807, 2.05) is 46.9 Å². The smallest absolute Gasteiger partial charge is 0.462 e. The fraction of sp³-hybridized carbons (Fsp3) is 0.515. The van der Waals surface area contributed by atoms with Crippen LogP contribution in [0.3, 0.4) is 0 Å². The maximum Gasteiger partial charge on any atom is 0.505 e. The van der Waals surface area contributed by atoms with Crippen molar-refractivity contribution in [2.75, 3.05) is 72.5 Å². The summed E-state index contributed by atoms with van der Waals surface area (Å²) in [6.07, 6.45) is 16.3. The van der Waals surface area contributed by atoms with E-state index in [1.54, 1.807) is 107 Å². The maximum atomic E-state index is 11.4. The van der Waals surface area contributed by atoms with Gasteiger partial charge in [0.25, 0.3) is 0 Å². The van der Waals surface area contributed by atoms with Crippen LogP contribution < -0.4 is 9.55 Å². The van der Waals surface area contributed by atoms with E-state index in [0.29, 0.717) is 68.5 Å². The third-order valence-corrected chi connectivity index (χ3v) is 33.3. The van der Waals surface area contributed by atoms with Gasteiger partial charge >= 0.3 is 32.1 Å². The number of aliphatic hydroxyl groups excluding tert-OH is 2. The second-order valence-corrected chi connectivity index (χ2v) is 47.9. The molecule has 11 heterocycles. The highest BCUT2D eigenvalue weighted by molar-refractivity contribution is 9.11. The van der Waals surface area contributed by atoms with Gasteiger partial charge in [-0.2, -0.15) is 0 Å². The summed E-state index contributed by atoms with van der Waals surface area (Å²) >= 11 is 30.7. The Bertz CT molecular complexity index is 4610. The average Bonchev–Trinajstić information content (AvgIpc) is 1.62. The summed E-state index contributed by atoms with van der Waals surface area (Å²) in [4.78, 5) is 62.1. The van der Waals surface area contributed by atoms with Gasteiger partial charge in [-0.25, -0.2) is 14.4 Å². The van der Waals surface area contributed by atoms with Crippen molar-refractivity contribution < 1.29 is 81.2 Å². The minimum atomic E-state index is -0.463. The largest absolute Gasteiger partial charge is 0.505 e. The van der Waals surface area contributed by atoms with E-state index in [0.717, 1.165) is 162 Å². The van der Waals surface area contributed by atoms with E-state index in [1.165, 1.54) is 78.2 Å². The van der Waals surface area contributed by atoms with Gasteiger partial charge < -0.3 is 66.9 Å². The predicted molar refractivity (Wildman–Crippen MR) is 571 cm³/mol. The molecule has 2 aliphatic heterocycles. The highest BCUT2D eigenvalue weighted by Gasteiger charge is 2.53. The Morgan fingerprint density at radius 3 is 0.811 bits per heavy atom. The quantitative estimate of drug-likeness (QED) is 0.00906. The summed E-state index contributed by atoms with van der Waals surface area (Å²) in [7, 11) is -0.627. The van der Waals surface area contributed by atoms with Gasteiger partial charge in [-0.05, 0) is 330 Å². The number of carbonyl (C=O) groups excluding carboxylic acids is 4. The second kappa shape index (κ2) is 64.2. The first-order valence-corrected chi connectivity index (χ1v) is 55.1. The minimum absolute atomic E-state index is 0.149. The average molecular weight is 2200 g/mol. The summed E-state index contributed by atoms with van der Waals surface area (Å²) in [5, 5.41) is 16.7. The number of unbranched alkanes of at least 4 members (excludes halogenated alkanes) is 12. The first-order chi connectivity index (χ1) is 62.8. The molecule has 0 amide bonds. The standard InChI is InChI=1S/C38H46O6S4.C20H28B2O4S2.C15H21BrO3S.C11H17BrO2S.C6H15N.C5H5BrOS.C4H5ClO/c1-27(2)37(39)43-23-11-7-5-9-21-41-25-29-13-15-31(45-29)33-17-19-35(47-33)36-20-18-34(48-36)32-16-14-30(46-32)26-42-22-10-6-8-12-24-44-38(40)28(3)4;1-17(2)18(3,4)24-21(23-17)15-11-9-13(27-15)14-10-12-16(28-14)22-25-19(5,6)20(7,8)26-22;1-12(2)15(17)19-10-6-4-3-5-9-18-11-13-7-8-14(16)20-13;12-11-6-5-10(15-11)9-14-8-4-2-1-3-7-13;1-4-7(5-2)6-3;6-5-2-1-4(3-7)8-5;1-3(2)4(5)6/h13-20H,1,3,5-12,21-26H2,2,4H3;9-12H,1-8H3;7-8H,1,3-6,9-11H2,2H3;5-6,13H,1-4,7-9H2;4-6H2,1-3H3;1-2,7H,3H2;1H2,2H3. The van der Waals surface area contributed by atoms with Crippen molar-refractivity contribution in [1.29, 1.82) is 0 Å². The summed E-state index contributed by atoms with van der Waals surface area (Å²) < 4.78 is 68.6. The molecule has 0 aromatic carbocycles. The van der Waals surface area contributed by atoms with Crippen LogP contribution in [0.15, 0.2) is 169 Å². The molecule has 2 N–H and O–H groups in total. The van der Waals surface area contributed by atoms with Crippen LogP contribution in [0.4, 0.5) is 0 Å². The van der Waals surface area contributed by atoms with Crippen molar-refractivity contribution in [1.82, 2.24) is 4.90 Å². The highest BCUT2D eigenvalue weighted by Crippen LogP contribution is 2.45. The molecule has 0 atom stereocenters. The predicted octanol–water partition coefficient (Wildman–Crippen LogP) is 28.4. The van der Waals surface area contributed by atoms with E-state index in [-0.39, 0.29) is 61.2 Å². The topological polar surface area (TPSA) is 214 Å². The van der Waals surface area contributed by atoms with Crippen LogP contribution in [-0.4, -0.2) is 147 Å². The Labute approximate surface area is 853 Å². The van der Waals surface area contributed by atoms with Crippen LogP contribution in [0.2, 0.25) is 0 Å². The monoisotopic (exact) mass is 2190 g/mol. The molecule has 0 radical (unpaired) electrons. The number of halogens is 4. The minimum Gasteiger partial charge on any atom is -0.462 e. The number of allylic oxidation sites excluding steroid dienone is 1. The van der Waals surface area contributed by atoms with Gasteiger partial charge in [-0.15, -0.1) is 102 Å². The molecule has 0 aliphatic carbocycles. The molecule has 132 heavy (non-hydrogen) atoms. The maximum absolute atomic E-state index is 11.4. The molecule has 11 rings (SSSR count). The first kappa shape index (κ1) is 118. The van der Waals surface area contributed by atoms with Crippen LogP contribution in [0.5, 0.6) is 0 Å². The third kappa shape index (κ3) is 45.3. The Morgan fingerprint density at radius 1 is 0.341 bits per heavy atom. The number of esters is 3. The van der Waals surface area contributed by atoms with Crippen LogP contribution >= 0.6 is 161 Å². The molecule has 2 aliphatic rings. The summed E-state index contributed by atoms with van der Waals surface area (Å²) in [6.45, 7) is 54.9. The molecule has 2 fully saturated rings. The normalized spacial score (nSPS) is 13.6. The molecule has 0 bridgehead atoms. The van der Waals surface area contributed by atoms with E-state index in [2.05, 4.69) is 240 Å². The number of ether oxygens (including phenoxy) is 7. The van der Waals surface area contributed by atoms with E-state index < -0.39 is 5.24 Å². The number of aliphatic hydroxyl groups is 2.